The summed E-state index contributed by atoms with van der Waals surface area (Å²) in [5, 5.41) is 0. The van der Waals surface area contributed by atoms with Crippen LogP contribution in [-0.2, 0) is 0 Å². The summed E-state index contributed by atoms with van der Waals surface area (Å²) in [6.07, 6.45) is 7.30. The van der Waals surface area contributed by atoms with Gasteiger partial charge in [-0.1, -0.05) is 40.5 Å². The number of hydrogen-bond acceptors (Lipinski definition) is 0. The first-order chi connectivity index (χ1) is 6.10. The van der Waals surface area contributed by atoms with Crippen molar-refractivity contribution in [3.8, 4) is 0 Å². The number of hydrogen-bond donors (Lipinski definition) is 0. The highest BCUT2D eigenvalue weighted by atomic mass is 14.9. The van der Waals surface area contributed by atoms with Gasteiger partial charge in [0.05, 0.1) is 0 Å². The van der Waals surface area contributed by atoms with Crippen molar-refractivity contribution < 1.29 is 0 Å². The van der Waals surface area contributed by atoms with E-state index in [4.69, 9.17) is 0 Å². The maximum absolute atomic E-state index is 2.51. The van der Waals surface area contributed by atoms with Crippen LogP contribution in [0.3, 0.4) is 0 Å². The summed E-state index contributed by atoms with van der Waals surface area (Å²) in [6, 6.07) is 0. The summed E-state index contributed by atoms with van der Waals surface area (Å²) < 4.78 is 0. The van der Waals surface area contributed by atoms with Crippen molar-refractivity contribution in [3.63, 3.8) is 0 Å². The van der Waals surface area contributed by atoms with E-state index in [1.165, 1.54) is 25.7 Å². The van der Waals surface area contributed by atoms with Crippen LogP contribution in [0.5, 0.6) is 0 Å². The van der Waals surface area contributed by atoms with E-state index in [9.17, 15) is 0 Å². The number of fused-ring (bicyclic) bond motifs is 1. The molecule has 0 aromatic heterocycles. The number of rotatable bonds is 5. The minimum Gasteiger partial charge on any atom is -0.0654 e. The Morgan fingerprint density at radius 2 is 2.08 bits per heavy atom. The standard InChI is InChI=1S/C13H24/c1-5-7-10(3)8-13-9-11(13)12(13,4)6-2/h10-11H,5-9H2,1-4H3. The Labute approximate surface area is 83.1 Å². The van der Waals surface area contributed by atoms with Crippen molar-refractivity contribution in [1.82, 2.24) is 0 Å². The fourth-order valence-electron chi connectivity index (χ4n) is 3.86. The predicted molar refractivity (Wildman–Crippen MR) is 57.6 cm³/mol. The molecule has 2 rings (SSSR count). The van der Waals surface area contributed by atoms with E-state index < -0.39 is 0 Å². The summed E-state index contributed by atoms with van der Waals surface area (Å²) in [6.45, 7) is 9.64. The largest absolute Gasteiger partial charge is 0.0654 e. The first-order valence-electron chi connectivity index (χ1n) is 6.10. The van der Waals surface area contributed by atoms with Crippen LogP contribution in [0.15, 0.2) is 0 Å². The Bertz CT molecular complexity index is 208. The second-order valence-corrected chi connectivity index (χ2v) is 5.78. The predicted octanol–water partition coefficient (Wildman–Crippen LogP) is 4.25. The average molecular weight is 180 g/mol. The van der Waals surface area contributed by atoms with E-state index in [1.54, 1.807) is 6.42 Å². The van der Waals surface area contributed by atoms with Crippen LogP contribution in [0, 0.1) is 22.7 Å². The fourth-order valence-corrected chi connectivity index (χ4v) is 3.86. The van der Waals surface area contributed by atoms with Gasteiger partial charge in [0.15, 0.2) is 0 Å². The summed E-state index contributed by atoms with van der Waals surface area (Å²) in [4.78, 5) is 0. The molecular weight excluding hydrogens is 156 g/mol. The smallest absolute Gasteiger partial charge is 0.0201 e. The normalized spacial score (nSPS) is 48.5. The highest BCUT2D eigenvalue weighted by Crippen LogP contribution is 2.90. The van der Waals surface area contributed by atoms with Crippen LogP contribution >= 0.6 is 0 Å². The van der Waals surface area contributed by atoms with Gasteiger partial charge < -0.3 is 0 Å². The summed E-state index contributed by atoms with van der Waals surface area (Å²) in [5.74, 6) is 2.10. The van der Waals surface area contributed by atoms with E-state index in [1.807, 2.05) is 0 Å². The maximum Gasteiger partial charge on any atom is -0.0201 e. The van der Waals surface area contributed by atoms with Gasteiger partial charge >= 0.3 is 0 Å². The van der Waals surface area contributed by atoms with Crippen molar-refractivity contribution in [2.45, 2.75) is 59.8 Å². The van der Waals surface area contributed by atoms with Gasteiger partial charge in [0.25, 0.3) is 0 Å². The summed E-state index contributed by atoms with van der Waals surface area (Å²) in [5.41, 5.74) is 1.62. The molecule has 0 heteroatoms. The zero-order valence-electron chi connectivity index (χ0n) is 9.69. The molecule has 13 heavy (non-hydrogen) atoms. The first kappa shape index (κ1) is 9.55. The average Bonchev–Trinajstić information content (AvgIpc) is 2.91. The molecule has 2 saturated carbocycles. The van der Waals surface area contributed by atoms with Crippen LogP contribution in [0.1, 0.15) is 59.8 Å². The quantitative estimate of drug-likeness (QED) is 0.593. The minimum absolute atomic E-state index is 0.773. The molecule has 0 aromatic rings. The SMILES string of the molecule is CCCC(C)CC12CC1C2(C)CC. The molecule has 0 nitrogen and oxygen atoms in total. The fraction of sp³-hybridized carbons (Fsp3) is 1.00. The highest BCUT2D eigenvalue weighted by Gasteiger charge is 2.84. The van der Waals surface area contributed by atoms with Gasteiger partial charge in [0, 0.05) is 0 Å². The van der Waals surface area contributed by atoms with Crippen molar-refractivity contribution in [1.29, 1.82) is 0 Å². The lowest BCUT2D eigenvalue weighted by atomic mass is 9.82. The van der Waals surface area contributed by atoms with E-state index in [0.29, 0.717) is 0 Å². The van der Waals surface area contributed by atoms with Gasteiger partial charge in [-0.05, 0) is 41.9 Å². The molecule has 0 spiro atoms. The molecule has 0 saturated heterocycles. The van der Waals surface area contributed by atoms with E-state index in [0.717, 1.165) is 22.7 Å². The van der Waals surface area contributed by atoms with E-state index in [2.05, 4.69) is 27.7 Å². The molecule has 0 bridgehead atoms. The molecule has 0 amide bonds. The van der Waals surface area contributed by atoms with E-state index >= 15 is 0 Å². The topological polar surface area (TPSA) is 0 Å². The van der Waals surface area contributed by atoms with Gasteiger partial charge in [-0.3, -0.25) is 0 Å². The van der Waals surface area contributed by atoms with Crippen molar-refractivity contribution >= 4 is 0 Å². The van der Waals surface area contributed by atoms with Crippen molar-refractivity contribution in [2.24, 2.45) is 22.7 Å². The second-order valence-electron chi connectivity index (χ2n) is 5.78. The van der Waals surface area contributed by atoms with Crippen LogP contribution in [0.2, 0.25) is 0 Å². The van der Waals surface area contributed by atoms with Crippen LogP contribution < -0.4 is 0 Å². The molecule has 2 aliphatic carbocycles. The molecule has 0 heterocycles. The first-order valence-corrected chi connectivity index (χ1v) is 6.10. The lowest BCUT2D eigenvalue weighted by Gasteiger charge is -2.23. The molecular formula is C13H24. The Hall–Kier alpha value is 0. The van der Waals surface area contributed by atoms with E-state index in [-0.39, 0.29) is 0 Å². The van der Waals surface area contributed by atoms with Crippen molar-refractivity contribution in [3.05, 3.63) is 0 Å². The lowest BCUT2D eigenvalue weighted by Crippen LogP contribution is -2.13. The monoisotopic (exact) mass is 180 g/mol. The summed E-state index contributed by atoms with van der Waals surface area (Å²) >= 11 is 0. The Morgan fingerprint density at radius 3 is 2.46 bits per heavy atom. The van der Waals surface area contributed by atoms with Crippen LogP contribution in [0.4, 0.5) is 0 Å². The molecule has 2 aliphatic rings. The van der Waals surface area contributed by atoms with Gasteiger partial charge in [-0.15, -0.1) is 0 Å². The van der Waals surface area contributed by atoms with Gasteiger partial charge in [-0.25, -0.2) is 0 Å². The Morgan fingerprint density at radius 1 is 1.38 bits per heavy atom. The van der Waals surface area contributed by atoms with Gasteiger partial charge in [0.2, 0.25) is 0 Å². The molecule has 76 valence electrons. The minimum atomic E-state index is 0.773. The highest BCUT2D eigenvalue weighted by molar-refractivity contribution is 5.32. The maximum atomic E-state index is 2.51. The molecule has 4 unspecified atom stereocenters. The zero-order chi connectivity index (χ0) is 9.69. The van der Waals surface area contributed by atoms with Gasteiger partial charge in [0.1, 0.15) is 0 Å². The lowest BCUT2D eigenvalue weighted by molar-refractivity contribution is 0.268. The molecule has 0 N–H and O–H groups in total. The van der Waals surface area contributed by atoms with Crippen LogP contribution in [0.25, 0.3) is 0 Å². The Balaban J connectivity index is 1.85. The molecule has 0 radical (unpaired) electrons. The third kappa shape index (κ3) is 1.10. The second kappa shape index (κ2) is 2.74. The van der Waals surface area contributed by atoms with Gasteiger partial charge in [-0.2, -0.15) is 0 Å². The zero-order valence-corrected chi connectivity index (χ0v) is 9.69. The molecule has 0 aromatic carbocycles. The third-order valence-corrected chi connectivity index (χ3v) is 5.13. The van der Waals surface area contributed by atoms with Crippen molar-refractivity contribution in [2.75, 3.05) is 0 Å². The third-order valence-electron chi connectivity index (χ3n) is 5.13. The van der Waals surface area contributed by atoms with Crippen LogP contribution in [-0.4, -0.2) is 0 Å². The Kier molecular flexibility index (Phi) is 2.02. The summed E-state index contributed by atoms with van der Waals surface area (Å²) in [7, 11) is 0. The molecule has 0 aliphatic heterocycles. The molecule has 2 fully saturated rings. The molecule has 4 atom stereocenters.